The second-order valence-electron chi connectivity index (χ2n) is 5.25. The van der Waals surface area contributed by atoms with Crippen LogP contribution in [0.1, 0.15) is 5.56 Å². The van der Waals surface area contributed by atoms with Crippen molar-refractivity contribution in [1.29, 1.82) is 0 Å². The molecule has 0 aromatic heterocycles. The number of benzene rings is 2. The molecule has 0 aliphatic carbocycles. The Labute approximate surface area is 148 Å². The Morgan fingerprint density at radius 1 is 1.21 bits per heavy atom. The largest absolute Gasteiger partial charge is 0.373 e. The monoisotopic (exact) mass is 413 g/mol. The SMILES string of the molecule is CN(CCc1ccc(Br)cc1)c1ccc([N+](=O)[O-])cc1S(N)(=O)=O. The standard InChI is InChI=1S/C15H16BrN3O4S/c1-18(9-8-11-2-4-12(16)5-3-11)14-7-6-13(19(20)21)10-15(14)24(17,22)23/h2-7,10H,8-9H2,1H3,(H2,17,22,23). The third-order valence-electron chi connectivity index (χ3n) is 3.52. The first-order valence-electron chi connectivity index (χ1n) is 6.95. The molecular weight excluding hydrogens is 398 g/mol. The highest BCUT2D eigenvalue weighted by molar-refractivity contribution is 9.10. The van der Waals surface area contributed by atoms with E-state index in [1.54, 1.807) is 11.9 Å². The Kier molecular flexibility index (Phi) is 5.58. The molecule has 0 aliphatic rings. The Morgan fingerprint density at radius 2 is 1.83 bits per heavy atom. The molecule has 0 saturated carbocycles. The molecule has 7 nitrogen and oxygen atoms in total. The maximum atomic E-state index is 11.8. The zero-order chi connectivity index (χ0) is 17.9. The predicted molar refractivity (Wildman–Crippen MR) is 95.6 cm³/mol. The molecule has 0 aliphatic heterocycles. The lowest BCUT2D eigenvalue weighted by atomic mass is 10.1. The molecule has 24 heavy (non-hydrogen) atoms. The molecule has 0 bridgehead atoms. The quantitative estimate of drug-likeness (QED) is 0.578. The Morgan fingerprint density at radius 3 is 2.38 bits per heavy atom. The van der Waals surface area contributed by atoms with Crippen LogP contribution < -0.4 is 10.0 Å². The molecule has 0 fully saturated rings. The van der Waals surface area contributed by atoms with E-state index in [2.05, 4.69) is 15.9 Å². The van der Waals surface area contributed by atoms with Gasteiger partial charge in [-0.25, -0.2) is 13.6 Å². The summed E-state index contributed by atoms with van der Waals surface area (Å²) in [5, 5.41) is 16.1. The number of hydrogen-bond acceptors (Lipinski definition) is 5. The number of nitrogens with two attached hydrogens (primary N) is 1. The highest BCUT2D eigenvalue weighted by atomic mass is 79.9. The summed E-state index contributed by atoms with van der Waals surface area (Å²) in [4.78, 5) is 11.7. The maximum Gasteiger partial charge on any atom is 0.270 e. The maximum absolute atomic E-state index is 11.8. The molecular formula is C15H16BrN3O4S. The zero-order valence-electron chi connectivity index (χ0n) is 12.8. The molecule has 2 aromatic rings. The summed E-state index contributed by atoms with van der Waals surface area (Å²) in [6.45, 7) is 0.530. The molecule has 2 rings (SSSR count). The number of sulfonamides is 1. The van der Waals surface area contributed by atoms with E-state index in [0.717, 1.165) is 16.1 Å². The van der Waals surface area contributed by atoms with Crippen molar-refractivity contribution in [2.75, 3.05) is 18.5 Å². The van der Waals surface area contributed by atoms with E-state index in [-0.39, 0.29) is 10.6 Å². The zero-order valence-corrected chi connectivity index (χ0v) is 15.2. The number of nitro groups is 1. The fraction of sp³-hybridized carbons (Fsp3) is 0.200. The van der Waals surface area contributed by atoms with Gasteiger partial charge in [0.2, 0.25) is 10.0 Å². The topological polar surface area (TPSA) is 107 Å². The van der Waals surface area contributed by atoms with E-state index >= 15 is 0 Å². The van der Waals surface area contributed by atoms with Gasteiger partial charge in [0.15, 0.2) is 0 Å². The highest BCUT2D eigenvalue weighted by Gasteiger charge is 2.21. The number of non-ortho nitro benzene ring substituents is 1. The molecule has 0 saturated heterocycles. The number of primary sulfonamides is 1. The lowest BCUT2D eigenvalue weighted by molar-refractivity contribution is -0.385. The number of nitro benzene ring substituents is 1. The van der Waals surface area contributed by atoms with Gasteiger partial charge >= 0.3 is 0 Å². The first kappa shape index (κ1) is 18.4. The summed E-state index contributed by atoms with van der Waals surface area (Å²) in [7, 11) is -2.36. The van der Waals surface area contributed by atoms with Crippen molar-refractivity contribution in [2.45, 2.75) is 11.3 Å². The number of rotatable bonds is 6. The van der Waals surface area contributed by atoms with E-state index < -0.39 is 14.9 Å². The highest BCUT2D eigenvalue weighted by Crippen LogP contribution is 2.28. The summed E-state index contributed by atoms with van der Waals surface area (Å²) in [5.74, 6) is 0. The molecule has 0 spiro atoms. The van der Waals surface area contributed by atoms with E-state index in [1.165, 1.54) is 12.1 Å². The van der Waals surface area contributed by atoms with Gasteiger partial charge in [-0.1, -0.05) is 28.1 Å². The summed E-state index contributed by atoms with van der Waals surface area (Å²) in [5.41, 5.74) is 1.11. The lowest BCUT2D eigenvalue weighted by Crippen LogP contribution is -2.24. The molecule has 0 atom stereocenters. The molecule has 0 radical (unpaired) electrons. The van der Waals surface area contributed by atoms with Gasteiger partial charge in [-0.15, -0.1) is 0 Å². The average Bonchev–Trinajstić information content (AvgIpc) is 2.52. The van der Waals surface area contributed by atoms with Crippen LogP contribution in [0.2, 0.25) is 0 Å². The number of halogens is 1. The van der Waals surface area contributed by atoms with Crippen molar-refractivity contribution in [1.82, 2.24) is 0 Å². The van der Waals surface area contributed by atoms with Crippen LogP contribution in [0, 0.1) is 10.1 Å². The smallest absolute Gasteiger partial charge is 0.270 e. The van der Waals surface area contributed by atoms with Crippen LogP contribution in [0.3, 0.4) is 0 Å². The van der Waals surface area contributed by atoms with Crippen LogP contribution in [0.25, 0.3) is 0 Å². The van der Waals surface area contributed by atoms with Crippen molar-refractivity contribution < 1.29 is 13.3 Å². The van der Waals surface area contributed by atoms with Gasteiger partial charge in [0.1, 0.15) is 4.90 Å². The van der Waals surface area contributed by atoms with E-state index in [0.29, 0.717) is 18.7 Å². The fourth-order valence-corrected chi connectivity index (χ4v) is 3.29. The van der Waals surface area contributed by atoms with Gasteiger partial charge in [-0.2, -0.15) is 0 Å². The van der Waals surface area contributed by atoms with Crippen molar-refractivity contribution in [3.05, 3.63) is 62.6 Å². The van der Waals surface area contributed by atoms with Gasteiger partial charge in [-0.05, 0) is 30.2 Å². The minimum absolute atomic E-state index is 0.255. The fourth-order valence-electron chi connectivity index (χ4n) is 2.23. The van der Waals surface area contributed by atoms with Gasteiger partial charge < -0.3 is 4.90 Å². The summed E-state index contributed by atoms with van der Waals surface area (Å²) in [6, 6.07) is 11.4. The summed E-state index contributed by atoms with van der Waals surface area (Å²) in [6.07, 6.45) is 0.685. The van der Waals surface area contributed by atoms with Crippen molar-refractivity contribution >= 4 is 37.3 Å². The third-order valence-corrected chi connectivity index (χ3v) is 4.99. The number of anilines is 1. The third kappa shape index (κ3) is 4.53. The van der Waals surface area contributed by atoms with Crippen LogP contribution in [0.4, 0.5) is 11.4 Å². The van der Waals surface area contributed by atoms with Crippen molar-refractivity contribution in [3.8, 4) is 0 Å². The Bertz CT molecular complexity index is 854. The van der Waals surface area contributed by atoms with Gasteiger partial charge in [0, 0.05) is 30.2 Å². The molecule has 128 valence electrons. The summed E-state index contributed by atoms with van der Waals surface area (Å²) < 4.78 is 24.5. The van der Waals surface area contributed by atoms with Crippen LogP contribution in [-0.4, -0.2) is 26.9 Å². The van der Waals surface area contributed by atoms with Crippen molar-refractivity contribution in [3.63, 3.8) is 0 Å². The summed E-state index contributed by atoms with van der Waals surface area (Å²) >= 11 is 3.37. The van der Waals surface area contributed by atoms with E-state index in [4.69, 9.17) is 5.14 Å². The second-order valence-corrected chi connectivity index (χ2v) is 7.70. The molecule has 0 amide bonds. The second kappa shape index (κ2) is 7.29. The first-order chi connectivity index (χ1) is 11.2. The minimum Gasteiger partial charge on any atom is -0.373 e. The van der Waals surface area contributed by atoms with Gasteiger partial charge in [0.25, 0.3) is 5.69 Å². The van der Waals surface area contributed by atoms with Crippen LogP contribution in [0.15, 0.2) is 51.8 Å². The van der Waals surface area contributed by atoms with Gasteiger partial charge in [0.05, 0.1) is 10.6 Å². The normalized spacial score (nSPS) is 11.3. The number of nitrogens with zero attached hydrogens (tertiary/aromatic N) is 2. The van der Waals surface area contributed by atoms with E-state index in [1.807, 2.05) is 24.3 Å². The van der Waals surface area contributed by atoms with Crippen LogP contribution >= 0.6 is 15.9 Å². The minimum atomic E-state index is -4.08. The first-order valence-corrected chi connectivity index (χ1v) is 9.29. The Balaban J connectivity index is 2.26. The van der Waals surface area contributed by atoms with Crippen LogP contribution in [0.5, 0.6) is 0 Å². The Hall–Kier alpha value is -1.97. The molecule has 9 heteroatoms. The molecule has 2 aromatic carbocycles. The van der Waals surface area contributed by atoms with Crippen molar-refractivity contribution in [2.24, 2.45) is 5.14 Å². The molecule has 0 unspecified atom stereocenters. The number of hydrogen-bond donors (Lipinski definition) is 1. The van der Waals surface area contributed by atoms with Crippen LogP contribution in [-0.2, 0) is 16.4 Å². The number of likely N-dealkylation sites (N-methyl/N-ethyl adjacent to an activating group) is 1. The molecule has 2 N–H and O–H groups in total. The van der Waals surface area contributed by atoms with Gasteiger partial charge in [-0.3, -0.25) is 10.1 Å². The average molecular weight is 414 g/mol. The van der Waals surface area contributed by atoms with E-state index in [9.17, 15) is 18.5 Å². The lowest BCUT2D eigenvalue weighted by Gasteiger charge is -2.21. The predicted octanol–water partition coefficient (Wildman–Crippen LogP) is 2.68. The molecule has 0 heterocycles.